The highest BCUT2D eigenvalue weighted by molar-refractivity contribution is 5.96. The summed E-state index contributed by atoms with van der Waals surface area (Å²) < 4.78 is 0. The summed E-state index contributed by atoms with van der Waals surface area (Å²) in [5.74, 6) is 1.72. The van der Waals surface area contributed by atoms with Gasteiger partial charge in [-0.1, -0.05) is 72.8 Å². The Bertz CT molecular complexity index is 1380. The average molecular weight is 462 g/mol. The largest absolute Gasteiger partial charge is 0.338 e. The molecule has 7 nitrogen and oxygen atoms in total. The van der Waals surface area contributed by atoms with Crippen molar-refractivity contribution < 1.29 is 0 Å². The van der Waals surface area contributed by atoms with Crippen LogP contribution in [0.3, 0.4) is 0 Å². The molecule has 0 spiro atoms. The van der Waals surface area contributed by atoms with E-state index in [0.29, 0.717) is 17.8 Å². The van der Waals surface area contributed by atoms with E-state index in [9.17, 15) is 0 Å². The number of aromatic nitrogens is 3. The monoisotopic (exact) mass is 461 g/mol. The van der Waals surface area contributed by atoms with Crippen molar-refractivity contribution >= 4 is 50.8 Å². The van der Waals surface area contributed by atoms with E-state index in [1.165, 1.54) is 10.8 Å². The second-order valence-corrected chi connectivity index (χ2v) is 8.88. The van der Waals surface area contributed by atoms with E-state index in [4.69, 9.17) is 15.0 Å². The number of anilines is 5. The molecule has 2 N–H and O–H groups in total. The van der Waals surface area contributed by atoms with Gasteiger partial charge < -0.3 is 20.4 Å². The van der Waals surface area contributed by atoms with Crippen LogP contribution in [-0.2, 0) is 0 Å². The van der Waals surface area contributed by atoms with Crippen LogP contribution in [0.2, 0.25) is 0 Å². The van der Waals surface area contributed by atoms with Crippen LogP contribution in [0.25, 0.3) is 21.5 Å². The van der Waals surface area contributed by atoms with Gasteiger partial charge in [0.2, 0.25) is 17.8 Å². The van der Waals surface area contributed by atoms with Crippen LogP contribution >= 0.6 is 0 Å². The molecule has 1 saturated heterocycles. The van der Waals surface area contributed by atoms with Gasteiger partial charge in [-0.3, -0.25) is 0 Å². The normalized spacial score (nSPS) is 14.4. The molecule has 0 aliphatic carbocycles. The third-order valence-electron chi connectivity index (χ3n) is 6.48. The fourth-order valence-corrected chi connectivity index (χ4v) is 4.53. The number of benzene rings is 4. The number of piperazine rings is 1. The molecular weight excluding hydrogens is 434 g/mol. The maximum Gasteiger partial charge on any atom is 0.233 e. The second-order valence-electron chi connectivity index (χ2n) is 8.88. The molecule has 7 heteroatoms. The van der Waals surface area contributed by atoms with Gasteiger partial charge in [0.1, 0.15) is 0 Å². The first kappa shape index (κ1) is 21.3. The molecule has 0 atom stereocenters. The molecule has 1 fully saturated rings. The molecule has 1 aromatic heterocycles. The Hall–Kier alpha value is -4.23. The Kier molecular flexibility index (Phi) is 5.60. The summed E-state index contributed by atoms with van der Waals surface area (Å²) in [4.78, 5) is 19.0. The summed E-state index contributed by atoms with van der Waals surface area (Å²) in [6.45, 7) is 3.71. The minimum Gasteiger partial charge on any atom is -0.338 e. The Labute approximate surface area is 204 Å². The van der Waals surface area contributed by atoms with Gasteiger partial charge in [-0.05, 0) is 30.0 Å². The fourth-order valence-electron chi connectivity index (χ4n) is 4.53. The van der Waals surface area contributed by atoms with Gasteiger partial charge in [0, 0.05) is 48.3 Å². The SMILES string of the molecule is CN1CCN(c2nc(Nc3cccc4ccccc34)nc(Nc3cccc4ccccc34)n2)CC1. The van der Waals surface area contributed by atoms with Crippen LogP contribution in [-0.4, -0.2) is 53.1 Å². The van der Waals surface area contributed by atoms with Gasteiger partial charge in [-0.25, -0.2) is 0 Å². The highest BCUT2D eigenvalue weighted by Gasteiger charge is 2.19. The Balaban J connectivity index is 1.40. The van der Waals surface area contributed by atoms with E-state index in [2.05, 4.69) is 76.0 Å². The van der Waals surface area contributed by atoms with Crippen molar-refractivity contribution in [3.8, 4) is 0 Å². The van der Waals surface area contributed by atoms with Crippen LogP contribution in [0.1, 0.15) is 0 Å². The lowest BCUT2D eigenvalue weighted by atomic mass is 10.1. The summed E-state index contributed by atoms with van der Waals surface area (Å²) >= 11 is 0. The lowest BCUT2D eigenvalue weighted by Gasteiger charge is -2.32. The number of likely N-dealkylation sites (N-methyl/N-ethyl adjacent to an activating group) is 1. The first-order valence-electron chi connectivity index (χ1n) is 11.9. The quantitative estimate of drug-likeness (QED) is 0.362. The van der Waals surface area contributed by atoms with Crippen LogP contribution in [0.4, 0.5) is 29.2 Å². The Morgan fingerprint density at radius 3 is 1.60 bits per heavy atom. The number of hydrogen-bond acceptors (Lipinski definition) is 7. The third kappa shape index (κ3) is 4.46. The minimum absolute atomic E-state index is 0.521. The number of fused-ring (bicyclic) bond motifs is 2. The van der Waals surface area contributed by atoms with Crippen molar-refractivity contribution in [1.29, 1.82) is 0 Å². The number of nitrogens with one attached hydrogen (secondary N) is 2. The molecule has 0 bridgehead atoms. The molecule has 0 radical (unpaired) electrons. The number of nitrogens with zero attached hydrogens (tertiary/aromatic N) is 5. The smallest absolute Gasteiger partial charge is 0.233 e. The average Bonchev–Trinajstić information content (AvgIpc) is 2.89. The van der Waals surface area contributed by atoms with Crippen LogP contribution in [0.5, 0.6) is 0 Å². The molecule has 35 heavy (non-hydrogen) atoms. The van der Waals surface area contributed by atoms with E-state index < -0.39 is 0 Å². The van der Waals surface area contributed by atoms with Crippen molar-refractivity contribution in [2.75, 3.05) is 48.8 Å². The van der Waals surface area contributed by atoms with Gasteiger partial charge in [0.15, 0.2) is 0 Å². The lowest BCUT2D eigenvalue weighted by Crippen LogP contribution is -2.45. The van der Waals surface area contributed by atoms with Crippen molar-refractivity contribution in [3.63, 3.8) is 0 Å². The third-order valence-corrected chi connectivity index (χ3v) is 6.48. The summed E-state index contributed by atoms with van der Waals surface area (Å²) in [7, 11) is 2.14. The van der Waals surface area contributed by atoms with Crippen molar-refractivity contribution in [2.24, 2.45) is 0 Å². The first-order valence-corrected chi connectivity index (χ1v) is 11.9. The molecule has 0 unspecified atom stereocenters. The van der Waals surface area contributed by atoms with Crippen molar-refractivity contribution in [3.05, 3.63) is 84.9 Å². The fraction of sp³-hybridized carbons (Fsp3) is 0.179. The Morgan fingerprint density at radius 2 is 1.06 bits per heavy atom. The topological polar surface area (TPSA) is 69.2 Å². The molecule has 2 heterocycles. The highest BCUT2D eigenvalue weighted by atomic mass is 15.4. The van der Waals surface area contributed by atoms with E-state index in [-0.39, 0.29) is 0 Å². The Morgan fingerprint density at radius 1 is 0.571 bits per heavy atom. The lowest BCUT2D eigenvalue weighted by molar-refractivity contribution is 0.311. The zero-order valence-electron chi connectivity index (χ0n) is 19.6. The van der Waals surface area contributed by atoms with E-state index >= 15 is 0 Å². The van der Waals surface area contributed by atoms with Crippen LogP contribution < -0.4 is 15.5 Å². The molecule has 4 aromatic carbocycles. The second kappa shape index (κ2) is 9.19. The zero-order valence-corrected chi connectivity index (χ0v) is 19.6. The standard InChI is InChI=1S/C28H27N7/c1-34-16-18-35(19-17-34)28-32-26(29-24-14-6-10-20-8-2-4-12-22(20)24)31-27(33-28)30-25-15-7-11-21-9-3-5-13-23(21)25/h2-15H,16-19H2,1H3,(H2,29,30,31,32,33). The van der Waals surface area contributed by atoms with Gasteiger partial charge in [-0.2, -0.15) is 15.0 Å². The van der Waals surface area contributed by atoms with Crippen LogP contribution in [0.15, 0.2) is 84.9 Å². The molecule has 1 aliphatic heterocycles. The molecule has 6 rings (SSSR count). The molecular formula is C28H27N7. The van der Waals surface area contributed by atoms with Crippen molar-refractivity contribution in [2.45, 2.75) is 0 Å². The highest BCUT2D eigenvalue weighted by Crippen LogP contribution is 2.29. The zero-order chi connectivity index (χ0) is 23.6. The molecule has 174 valence electrons. The van der Waals surface area contributed by atoms with Gasteiger partial charge in [0.05, 0.1) is 0 Å². The predicted molar refractivity (Wildman–Crippen MR) is 144 cm³/mol. The number of hydrogen-bond donors (Lipinski definition) is 2. The minimum atomic E-state index is 0.521. The molecule has 5 aromatic rings. The molecule has 1 aliphatic rings. The summed E-state index contributed by atoms with van der Waals surface area (Å²) in [5.41, 5.74) is 1.93. The predicted octanol–water partition coefficient (Wildman–Crippen LogP) is 5.42. The summed E-state index contributed by atoms with van der Waals surface area (Å²) in [6.07, 6.45) is 0. The number of rotatable bonds is 5. The maximum atomic E-state index is 4.82. The maximum absolute atomic E-state index is 4.82. The summed E-state index contributed by atoms with van der Waals surface area (Å²) in [5, 5.41) is 11.5. The van der Waals surface area contributed by atoms with Crippen LogP contribution in [0, 0.1) is 0 Å². The first-order chi connectivity index (χ1) is 17.2. The van der Waals surface area contributed by atoms with E-state index in [1.54, 1.807) is 0 Å². The van der Waals surface area contributed by atoms with E-state index in [1.807, 2.05) is 36.4 Å². The summed E-state index contributed by atoms with van der Waals surface area (Å²) in [6, 6.07) is 29.0. The van der Waals surface area contributed by atoms with Gasteiger partial charge in [0.25, 0.3) is 0 Å². The van der Waals surface area contributed by atoms with Gasteiger partial charge in [-0.15, -0.1) is 0 Å². The molecule has 0 amide bonds. The molecule has 0 saturated carbocycles. The van der Waals surface area contributed by atoms with Crippen molar-refractivity contribution in [1.82, 2.24) is 19.9 Å². The van der Waals surface area contributed by atoms with Gasteiger partial charge >= 0.3 is 0 Å². The van der Waals surface area contributed by atoms with E-state index in [0.717, 1.165) is 48.3 Å².